The van der Waals surface area contributed by atoms with Gasteiger partial charge in [0, 0.05) is 18.7 Å². The summed E-state index contributed by atoms with van der Waals surface area (Å²) in [6.45, 7) is 10.8. The summed E-state index contributed by atoms with van der Waals surface area (Å²) in [7, 11) is 1.46. The van der Waals surface area contributed by atoms with Crippen molar-refractivity contribution in [3.63, 3.8) is 0 Å². The first-order valence-corrected chi connectivity index (χ1v) is 9.53. The number of likely N-dealkylation sites (tertiary alicyclic amines) is 1. The predicted octanol–water partition coefficient (Wildman–Crippen LogP) is 3.60. The molecule has 2 N–H and O–H groups in total. The minimum Gasteiger partial charge on any atom is -0.507 e. The van der Waals surface area contributed by atoms with Crippen LogP contribution in [-0.4, -0.2) is 48.6 Å². The molecule has 2 amide bonds. The Morgan fingerprint density at radius 3 is 2.52 bits per heavy atom. The highest BCUT2D eigenvalue weighted by Gasteiger charge is 2.20. The zero-order chi connectivity index (χ0) is 21.4. The molecular formula is C23H28N2O4. The molecule has 1 aromatic carbocycles. The Hall–Kier alpha value is -3.28. The van der Waals surface area contributed by atoms with Crippen LogP contribution >= 0.6 is 0 Å². The fourth-order valence-corrected chi connectivity index (χ4v) is 2.98. The molecule has 29 heavy (non-hydrogen) atoms. The van der Waals surface area contributed by atoms with Crippen LogP contribution in [-0.2, 0) is 9.53 Å². The van der Waals surface area contributed by atoms with E-state index < -0.39 is 5.91 Å². The van der Waals surface area contributed by atoms with Gasteiger partial charge in [-0.1, -0.05) is 31.4 Å². The van der Waals surface area contributed by atoms with Gasteiger partial charge in [-0.2, -0.15) is 0 Å². The van der Waals surface area contributed by atoms with Crippen LogP contribution in [0, 0.1) is 0 Å². The molecule has 0 spiro atoms. The molecule has 1 fully saturated rings. The summed E-state index contributed by atoms with van der Waals surface area (Å²) in [6, 6.07) is 7.25. The number of nitrogens with zero attached hydrogens (tertiary/aromatic N) is 1. The van der Waals surface area contributed by atoms with E-state index in [-0.39, 0.29) is 23.8 Å². The molecule has 0 aromatic heterocycles. The van der Waals surface area contributed by atoms with Crippen molar-refractivity contribution >= 4 is 17.4 Å². The third-order valence-electron chi connectivity index (χ3n) is 4.76. The van der Waals surface area contributed by atoms with Crippen LogP contribution < -0.4 is 5.32 Å². The summed E-state index contributed by atoms with van der Waals surface area (Å²) in [6.07, 6.45) is 5.33. The zero-order valence-electron chi connectivity index (χ0n) is 17.0. The molecule has 0 unspecified atom stereocenters. The number of hydrogen-bond donors (Lipinski definition) is 2. The summed E-state index contributed by atoms with van der Waals surface area (Å²) < 4.78 is 4.89. The normalized spacial score (nSPS) is 14.5. The number of carbonyl (C=O) groups is 2. The zero-order valence-corrected chi connectivity index (χ0v) is 17.0. The van der Waals surface area contributed by atoms with Crippen molar-refractivity contribution in [2.24, 2.45) is 0 Å². The number of hydrogen-bond acceptors (Lipinski definition) is 4. The number of amides is 2. The molecule has 1 heterocycles. The van der Waals surface area contributed by atoms with Gasteiger partial charge in [-0.3, -0.25) is 9.59 Å². The number of rotatable bonds is 8. The number of ether oxygens (including phenoxy) is 1. The number of benzene rings is 1. The van der Waals surface area contributed by atoms with E-state index in [0.717, 1.165) is 31.5 Å². The van der Waals surface area contributed by atoms with Crippen molar-refractivity contribution in [2.45, 2.75) is 19.8 Å². The average molecular weight is 396 g/mol. The van der Waals surface area contributed by atoms with Crippen LogP contribution in [0.3, 0.4) is 0 Å². The van der Waals surface area contributed by atoms with Crippen LogP contribution in [0.25, 0.3) is 5.57 Å². The van der Waals surface area contributed by atoms with Crippen LogP contribution in [0.5, 0.6) is 0 Å². The van der Waals surface area contributed by atoms with Crippen molar-refractivity contribution in [3.05, 3.63) is 77.8 Å². The lowest BCUT2D eigenvalue weighted by Gasteiger charge is -2.16. The molecule has 1 saturated heterocycles. The van der Waals surface area contributed by atoms with Crippen molar-refractivity contribution in [3.8, 4) is 0 Å². The van der Waals surface area contributed by atoms with E-state index in [1.807, 2.05) is 24.0 Å². The number of methoxy groups -OCH3 is 1. The second kappa shape index (κ2) is 10.3. The molecule has 1 aliphatic rings. The van der Waals surface area contributed by atoms with Gasteiger partial charge >= 0.3 is 0 Å². The van der Waals surface area contributed by atoms with Crippen molar-refractivity contribution in [1.82, 2.24) is 10.2 Å². The molecule has 0 bridgehead atoms. The number of aliphatic hydroxyl groups excluding tert-OH is 1. The minimum absolute atomic E-state index is 0.00941. The molecular weight excluding hydrogens is 368 g/mol. The number of aliphatic hydroxyl groups is 1. The molecule has 0 saturated carbocycles. The second-order valence-electron chi connectivity index (χ2n) is 6.76. The second-order valence-corrected chi connectivity index (χ2v) is 6.76. The lowest BCUT2D eigenvalue weighted by Crippen LogP contribution is -2.27. The number of carbonyl (C=O) groups excluding carboxylic acids is 2. The lowest BCUT2D eigenvalue weighted by molar-refractivity contribution is -0.117. The maximum atomic E-state index is 12.6. The Morgan fingerprint density at radius 1 is 1.24 bits per heavy atom. The number of nitrogens with one attached hydrogen (secondary N) is 1. The number of allylic oxidation sites excluding steroid dienone is 3. The Balaban J connectivity index is 2.15. The van der Waals surface area contributed by atoms with Crippen LogP contribution in [0.1, 0.15) is 35.7 Å². The first-order chi connectivity index (χ1) is 13.9. The van der Waals surface area contributed by atoms with E-state index >= 15 is 0 Å². The maximum Gasteiger partial charge on any atom is 0.254 e. The Kier molecular flexibility index (Phi) is 7.83. The summed E-state index contributed by atoms with van der Waals surface area (Å²) >= 11 is 0. The molecule has 6 nitrogen and oxygen atoms in total. The lowest BCUT2D eigenvalue weighted by atomic mass is 10.0. The summed E-state index contributed by atoms with van der Waals surface area (Å²) in [4.78, 5) is 26.6. The predicted molar refractivity (Wildman–Crippen MR) is 114 cm³/mol. The van der Waals surface area contributed by atoms with Gasteiger partial charge in [-0.25, -0.2) is 0 Å². The van der Waals surface area contributed by atoms with Crippen LogP contribution in [0.2, 0.25) is 0 Å². The first-order valence-electron chi connectivity index (χ1n) is 9.53. The van der Waals surface area contributed by atoms with Crippen molar-refractivity contribution in [1.29, 1.82) is 0 Å². The summed E-state index contributed by atoms with van der Waals surface area (Å²) in [5.74, 6) is -0.376. The average Bonchev–Trinajstić information content (AvgIpc) is 3.29. The Labute approximate surface area is 171 Å². The smallest absolute Gasteiger partial charge is 0.254 e. The van der Waals surface area contributed by atoms with Gasteiger partial charge in [0.15, 0.2) is 0 Å². The third-order valence-corrected chi connectivity index (χ3v) is 4.76. The van der Waals surface area contributed by atoms with E-state index in [2.05, 4.69) is 18.5 Å². The SMILES string of the molecule is C=C(CNC(=O)C(=C)/C(O)=C\C(=C/C)c1cccc(C(=O)N2CCCC2)c1)OC. The standard InChI is InChI=1S/C23H28N2O4/c1-5-18(14-21(26)17(3)22(27)24-15-16(2)29-4)19-9-8-10-20(13-19)23(28)25-11-6-7-12-25/h5,8-10,13-14,26H,2-3,6-7,11-12,15H2,1,4H3,(H,24,27)/b18-5+,21-14+. The highest BCUT2D eigenvalue weighted by molar-refractivity contribution is 5.98. The molecule has 0 aliphatic carbocycles. The molecule has 2 rings (SSSR count). The fourth-order valence-electron chi connectivity index (χ4n) is 2.98. The van der Waals surface area contributed by atoms with Gasteiger partial charge in [0.05, 0.1) is 19.2 Å². The van der Waals surface area contributed by atoms with E-state index in [1.54, 1.807) is 18.2 Å². The largest absolute Gasteiger partial charge is 0.507 e. The van der Waals surface area contributed by atoms with E-state index in [1.165, 1.54) is 13.2 Å². The minimum atomic E-state index is -0.523. The summed E-state index contributed by atoms with van der Waals surface area (Å²) in [5.41, 5.74) is 1.97. The van der Waals surface area contributed by atoms with Gasteiger partial charge in [0.2, 0.25) is 0 Å². The van der Waals surface area contributed by atoms with Crippen molar-refractivity contribution < 1.29 is 19.4 Å². The topological polar surface area (TPSA) is 78.9 Å². The van der Waals surface area contributed by atoms with Crippen LogP contribution in [0.15, 0.2) is 66.7 Å². The summed E-state index contributed by atoms with van der Waals surface area (Å²) in [5, 5.41) is 12.9. The third kappa shape index (κ3) is 5.85. The molecule has 6 heteroatoms. The fraction of sp³-hybridized carbons (Fsp3) is 0.304. The molecule has 0 radical (unpaired) electrons. The van der Waals surface area contributed by atoms with E-state index in [4.69, 9.17) is 4.74 Å². The van der Waals surface area contributed by atoms with Gasteiger partial charge in [-0.15, -0.1) is 0 Å². The van der Waals surface area contributed by atoms with Gasteiger partial charge in [0.1, 0.15) is 11.5 Å². The highest BCUT2D eigenvalue weighted by atomic mass is 16.5. The van der Waals surface area contributed by atoms with Gasteiger partial charge in [0.25, 0.3) is 11.8 Å². The molecule has 154 valence electrons. The monoisotopic (exact) mass is 396 g/mol. The molecule has 1 aliphatic heterocycles. The quantitative estimate of drug-likeness (QED) is 0.400. The molecule has 1 aromatic rings. The van der Waals surface area contributed by atoms with Crippen molar-refractivity contribution in [2.75, 3.05) is 26.7 Å². The Morgan fingerprint density at radius 2 is 1.90 bits per heavy atom. The first kappa shape index (κ1) is 22.0. The molecule has 0 atom stereocenters. The van der Waals surface area contributed by atoms with Gasteiger partial charge in [-0.05, 0) is 49.1 Å². The van der Waals surface area contributed by atoms with Crippen LogP contribution in [0.4, 0.5) is 0 Å². The van der Waals surface area contributed by atoms with E-state index in [9.17, 15) is 14.7 Å². The highest BCUT2D eigenvalue weighted by Crippen LogP contribution is 2.22. The maximum absolute atomic E-state index is 12.6. The Bertz CT molecular complexity index is 861. The van der Waals surface area contributed by atoms with Gasteiger partial charge < -0.3 is 20.1 Å². The van der Waals surface area contributed by atoms with E-state index in [0.29, 0.717) is 16.9 Å².